The van der Waals surface area contributed by atoms with Crippen LogP contribution < -0.4 is 0 Å². The Balaban J connectivity index is 2.37. The van der Waals surface area contributed by atoms with Crippen LogP contribution in [0.4, 0.5) is 4.79 Å². The second-order valence-corrected chi connectivity index (χ2v) is 3.33. The molecule has 0 unspecified atom stereocenters. The van der Waals surface area contributed by atoms with Crippen LogP contribution in [-0.4, -0.2) is 42.4 Å². The fraction of sp³-hybridized carbons (Fsp3) is 0.889. The molecule has 1 rings (SSSR count). The molecule has 1 amide bonds. The zero-order valence-electron chi connectivity index (χ0n) is 8.03. The Labute approximate surface area is 78.5 Å². The summed E-state index contributed by atoms with van der Waals surface area (Å²) in [7, 11) is 1.40. The van der Waals surface area contributed by atoms with Gasteiger partial charge in [0, 0.05) is 19.2 Å². The van der Waals surface area contributed by atoms with Crippen LogP contribution in [0.1, 0.15) is 25.7 Å². The molecular formula is C9H17NO3. The van der Waals surface area contributed by atoms with E-state index in [1.807, 2.05) is 0 Å². The molecule has 13 heavy (non-hydrogen) atoms. The van der Waals surface area contributed by atoms with Gasteiger partial charge < -0.3 is 14.7 Å². The summed E-state index contributed by atoms with van der Waals surface area (Å²) >= 11 is 0. The van der Waals surface area contributed by atoms with Gasteiger partial charge in [-0.25, -0.2) is 4.79 Å². The standard InChI is InChI=1S/C9H17NO3/c1-13-9(12)10(6-3-7-11)8-4-2-5-8/h8,11H,2-7H2,1H3. The SMILES string of the molecule is COC(=O)N(CCCO)C1CCC1. The summed E-state index contributed by atoms with van der Waals surface area (Å²) in [5.41, 5.74) is 0. The number of rotatable bonds is 4. The highest BCUT2D eigenvalue weighted by molar-refractivity contribution is 5.67. The van der Waals surface area contributed by atoms with Crippen molar-refractivity contribution in [1.29, 1.82) is 0 Å². The van der Waals surface area contributed by atoms with Crippen molar-refractivity contribution in [2.75, 3.05) is 20.3 Å². The average molecular weight is 187 g/mol. The molecule has 0 spiro atoms. The van der Waals surface area contributed by atoms with Gasteiger partial charge in [-0.3, -0.25) is 0 Å². The molecule has 1 saturated carbocycles. The Morgan fingerprint density at radius 2 is 2.31 bits per heavy atom. The maximum absolute atomic E-state index is 11.3. The molecule has 1 fully saturated rings. The molecule has 1 N–H and O–H groups in total. The normalized spacial score (nSPS) is 16.5. The molecule has 0 atom stereocenters. The van der Waals surface area contributed by atoms with Crippen LogP contribution in [0.5, 0.6) is 0 Å². The fourth-order valence-electron chi connectivity index (χ4n) is 1.48. The predicted octanol–water partition coefficient (Wildman–Crippen LogP) is 0.990. The molecule has 0 saturated heterocycles. The third-order valence-corrected chi connectivity index (χ3v) is 2.48. The lowest BCUT2D eigenvalue weighted by Crippen LogP contribution is -2.44. The van der Waals surface area contributed by atoms with Crippen LogP contribution in [0.25, 0.3) is 0 Å². The van der Waals surface area contributed by atoms with E-state index < -0.39 is 0 Å². The first-order valence-corrected chi connectivity index (χ1v) is 4.75. The van der Waals surface area contributed by atoms with Gasteiger partial charge in [-0.1, -0.05) is 0 Å². The van der Waals surface area contributed by atoms with Crippen molar-refractivity contribution in [2.24, 2.45) is 0 Å². The number of hydrogen-bond acceptors (Lipinski definition) is 3. The summed E-state index contributed by atoms with van der Waals surface area (Å²) in [5.74, 6) is 0. The molecular weight excluding hydrogens is 170 g/mol. The summed E-state index contributed by atoms with van der Waals surface area (Å²) in [6.07, 6.45) is 3.70. The van der Waals surface area contributed by atoms with E-state index in [1.165, 1.54) is 13.5 Å². The molecule has 0 radical (unpaired) electrons. The molecule has 0 bridgehead atoms. The van der Waals surface area contributed by atoms with E-state index in [0.29, 0.717) is 19.0 Å². The first-order chi connectivity index (χ1) is 6.29. The van der Waals surface area contributed by atoms with E-state index in [1.54, 1.807) is 4.90 Å². The van der Waals surface area contributed by atoms with Crippen molar-refractivity contribution in [2.45, 2.75) is 31.7 Å². The zero-order valence-corrected chi connectivity index (χ0v) is 8.03. The van der Waals surface area contributed by atoms with E-state index in [2.05, 4.69) is 4.74 Å². The van der Waals surface area contributed by atoms with E-state index >= 15 is 0 Å². The number of carbonyl (C=O) groups excluding carboxylic acids is 1. The van der Waals surface area contributed by atoms with E-state index in [9.17, 15) is 4.79 Å². The third-order valence-electron chi connectivity index (χ3n) is 2.48. The number of ether oxygens (including phenoxy) is 1. The van der Waals surface area contributed by atoms with Gasteiger partial charge in [-0.05, 0) is 25.7 Å². The topological polar surface area (TPSA) is 49.8 Å². The highest BCUT2D eigenvalue weighted by Gasteiger charge is 2.28. The molecule has 0 heterocycles. The number of hydrogen-bond donors (Lipinski definition) is 1. The molecule has 0 aromatic carbocycles. The van der Waals surface area contributed by atoms with Gasteiger partial charge in [0.25, 0.3) is 0 Å². The van der Waals surface area contributed by atoms with Crippen LogP contribution in [0.3, 0.4) is 0 Å². The summed E-state index contributed by atoms with van der Waals surface area (Å²) in [5, 5.41) is 8.66. The fourth-order valence-corrected chi connectivity index (χ4v) is 1.48. The van der Waals surface area contributed by atoms with E-state index in [0.717, 1.165) is 12.8 Å². The highest BCUT2D eigenvalue weighted by atomic mass is 16.5. The predicted molar refractivity (Wildman–Crippen MR) is 48.5 cm³/mol. The smallest absolute Gasteiger partial charge is 0.409 e. The molecule has 0 aliphatic heterocycles. The summed E-state index contributed by atoms with van der Waals surface area (Å²) in [4.78, 5) is 13.0. The molecule has 4 nitrogen and oxygen atoms in total. The van der Waals surface area contributed by atoms with Crippen molar-refractivity contribution >= 4 is 6.09 Å². The van der Waals surface area contributed by atoms with Gasteiger partial charge in [-0.2, -0.15) is 0 Å². The third kappa shape index (κ3) is 2.59. The minimum absolute atomic E-state index is 0.125. The summed E-state index contributed by atoms with van der Waals surface area (Å²) in [6.45, 7) is 0.730. The van der Waals surface area contributed by atoms with Crippen molar-refractivity contribution < 1.29 is 14.6 Å². The van der Waals surface area contributed by atoms with Gasteiger partial charge in [-0.15, -0.1) is 0 Å². The number of carbonyl (C=O) groups is 1. The maximum atomic E-state index is 11.3. The molecule has 0 aromatic heterocycles. The van der Waals surface area contributed by atoms with Crippen molar-refractivity contribution in [1.82, 2.24) is 4.90 Å². The number of aliphatic hydroxyl groups excluding tert-OH is 1. The first-order valence-electron chi connectivity index (χ1n) is 4.75. The van der Waals surface area contributed by atoms with Crippen LogP contribution in [0, 0.1) is 0 Å². The lowest BCUT2D eigenvalue weighted by Gasteiger charge is -2.36. The lowest BCUT2D eigenvalue weighted by molar-refractivity contribution is 0.0781. The Bertz CT molecular complexity index is 168. The van der Waals surface area contributed by atoms with Gasteiger partial charge >= 0.3 is 6.09 Å². The van der Waals surface area contributed by atoms with Crippen molar-refractivity contribution in [3.8, 4) is 0 Å². The second-order valence-electron chi connectivity index (χ2n) is 3.33. The van der Waals surface area contributed by atoms with Crippen molar-refractivity contribution in [3.63, 3.8) is 0 Å². The van der Waals surface area contributed by atoms with E-state index in [4.69, 9.17) is 5.11 Å². The van der Waals surface area contributed by atoms with Crippen molar-refractivity contribution in [3.05, 3.63) is 0 Å². The maximum Gasteiger partial charge on any atom is 0.409 e. The summed E-state index contributed by atoms with van der Waals surface area (Å²) < 4.78 is 4.67. The Morgan fingerprint density at radius 1 is 1.62 bits per heavy atom. The largest absolute Gasteiger partial charge is 0.453 e. The van der Waals surface area contributed by atoms with Gasteiger partial charge in [0.15, 0.2) is 0 Å². The number of methoxy groups -OCH3 is 1. The minimum Gasteiger partial charge on any atom is -0.453 e. The minimum atomic E-state index is -0.266. The Morgan fingerprint density at radius 3 is 2.69 bits per heavy atom. The molecule has 0 aromatic rings. The first kappa shape index (κ1) is 10.3. The number of amides is 1. The Hall–Kier alpha value is -0.770. The molecule has 4 heteroatoms. The van der Waals surface area contributed by atoms with Gasteiger partial charge in [0.2, 0.25) is 0 Å². The second kappa shape index (κ2) is 5.07. The van der Waals surface area contributed by atoms with Crippen LogP contribution in [0.2, 0.25) is 0 Å². The van der Waals surface area contributed by atoms with Crippen LogP contribution in [-0.2, 0) is 4.74 Å². The zero-order chi connectivity index (χ0) is 9.68. The number of nitrogens with zero attached hydrogens (tertiary/aromatic N) is 1. The quantitative estimate of drug-likeness (QED) is 0.714. The highest BCUT2D eigenvalue weighted by Crippen LogP contribution is 2.25. The molecule has 1 aliphatic rings. The monoisotopic (exact) mass is 187 g/mol. The van der Waals surface area contributed by atoms with Crippen LogP contribution in [0.15, 0.2) is 0 Å². The molecule has 1 aliphatic carbocycles. The van der Waals surface area contributed by atoms with Gasteiger partial charge in [0.05, 0.1) is 7.11 Å². The van der Waals surface area contributed by atoms with Gasteiger partial charge in [0.1, 0.15) is 0 Å². The van der Waals surface area contributed by atoms with Crippen LogP contribution >= 0.6 is 0 Å². The Kier molecular flexibility index (Phi) is 4.02. The lowest BCUT2D eigenvalue weighted by atomic mass is 9.91. The summed E-state index contributed by atoms with van der Waals surface area (Å²) in [6, 6.07) is 0.346. The van der Waals surface area contributed by atoms with E-state index in [-0.39, 0.29) is 12.7 Å². The number of aliphatic hydroxyl groups is 1. The average Bonchev–Trinajstić information content (AvgIpc) is 2.07. The molecule has 76 valence electrons.